The Hall–Kier alpha value is -0.140. The van der Waals surface area contributed by atoms with E-state index in [-0.39, 0.29) is 6.04 Å². The van der Waals surface area contributed by atoms with Crippen LogP contribution < -0.4 is 5.32 Å². The molecule has 0 amide bonds. The molecule has 1 aromatic rings. The van der Waals surface area contributed by atoms with Gasteiger partial charge in [-0.3, -0.25) is 0 Å². The van der Waals surface area contributed by atoms with Crippen LogP contribution >= 0.6 is 34.2 Å². The molecule has 6 heteroatoms. The zero-order valence-corrected chi connectivity index (χ0v) is 11.3. The van der Waals surface area contributed by atoms with Crippen LogP contribution in [0, 0.1) is 3.57 Å². The fourth-order valence-electron chi connectivity index (χ4n) is 1.14. The maximum absolute atomic E-state index is 5.71. The summed E-state index contributed by atoms with van der Waals surface area (Å²) < 4.78 is 6.09. The number of anilines is 1. The van der Waals surface area contributed by atoms with Crippen LogP contribution in [0.5, 0.6) is 0 Å². The highest BCUT2D eigenvalue weighted by Gasteiger charge is 2.10. The van der Waals surface area contributed by atoms with Crippen LogP contribution in [0.25, 0.3) is 0 Å². The Morgan fingerprint density at radius 1 is 1.67 bits per heavy atom. The van der Waals surface area contributed by atoms with Crippen LogP contribution in [0.4, 0.5) is 5.82 Å². The van der Waals surface area contributed by atoms with Gasteiger partial charge in [-0.2, -0.15) is 0 Å². The second kappa shape index (κ2) is 7.19. The molecule has 0 aliphatic rings. The third-order valence-electron chi connectivity index (χ3n) is 1.83. The number of ether oxygens (including phenoxy) is 1. The predicted octanol–water partition coefficient (Wildman–Crippen LogP) is 2.14. The van der Waals surface area contributed by atoms with Crippen molar-refractivity contribution in [1.82, 2.24) is 9.97 Å². The predicted molar refractivity (Wildman–Crippen MR) is 69.4 cm³/mol. The van der Waals surface area contributed by atoms with Crippen molar-refractivity contribution in [2.75, 3.05) is 24.9 Å². The van der Waals surface area contributed by atoms with Gasteiger partial charge in [0.2, 0.25) is 0 Å². The number of nitrogens with one attached hydrogen (secondary N) is 1. The van der Waals surface area contributed by atoms with Crippen LogP contribution in [0.3, 0.4) is 0 Å². The monoisotopic (exact) mass is 341 g/mol. The molecule has 84 valence electrons. The third-order valence-corrected chi connectivity index (χ3v) is 2.84. The first kappa shape index (κ1) is 12.9. The quantitative estimate of drug-likeness (QED) is 0.636. The number of halogens is 2. The maximum atomic E-state index is 5.71. The number of alkyl halides is 1. The Morgan fingerprint density at radius 2 is 2.47 bits per heavy atom. The lowest BCUT2D eigenvalue weighted by atomic mass is 10.2. The van der Waals surface area contributed by atoms with Gasteiger partial charge in [-0.05, 0) is 29.0 Å². The lowest BCUT2D eigenvalue weighted by molar-refractivity contribution is 0.184. The minimum Gasteiger partial charge on any atom is -0.383 e. The van der Waals surface area contributed by atoms with E-state index in [4.69, 9.17) is 16.3 Å². The fourth-order valence-corrected chi connectivity index (χ4v) is 1.86. The molecule has 1 atom stereocenters. The van der Waals surface area contributed by atoms with Crippen molar-refractivity contribution in [3.05, 3.63) is 16.1 Å². The van der Waals surface area contributed by atoms with Gasteiger partial charge in [-0.1, -0.05) is 0 Å². The Kier molecular flexibility index (Phi) is 6.19. The largest absolute Gasteiger partial charge is 0.383 e. The van der Waals surface area contributed by atoms with E-state index in [0.717, 1.165) is 15.8 Å². The molecule has 1 heterocycles. The first-order valence-corrected chi connectivity index (χ1v) is 6.16. The van der Waals surface area contributed by atoms with Crippen molar-refractivity contribution >= 4 is 40.0 Å². The lowest BCUT2D eigenvalue weighted by Crippen LogP contribution is -2.26. The first-order chi connectivity index (χ1) is 7.27. The maximum Gasteiger partial charge on any atom is 0.143 e. The van der Waals surface area contributed by atoms with E-state index < -0.39 is 0 Å². The molecule has 1 aromatic heterocycles. The zero-order chi connectivity index (χ0) is 11.1. The van der Waals surface area contributed by atoms with Crippen molar-refractivity contribution in [3.63, 3.8) is 0 Å². The minimum atomic E-state index is 0.191. The molecule has 15 heavy (non-hydrogen) atoms. The molecule has 0 radical (unpaired) electrons. The fraction of sp³-hybridized carbons (Fsp3) is 0.556. The summed E-state index contributed by atoms with van der Waals surface area (Å²) in [6.07, 6.45) is 4.13. The van der Waals surface area contributed by atoms with Crippen molar-refractivity contribution in [1.29, 1.82) is 0 Å². The Labute approximate surface area is 108 Å². The molecule has 0 aromatic carbocycles. The van der Waals surface area contributed by atoms with Crippen LogP contribution in [-0.2, 0) is 4.74 Å². The van der Waals surface area contributed by atoms with Crippen molar-refractivity contribution < 1.29 is 4.74 Å². The van der Waals surface area contributed by atoms with E-state index in [1.54, 1.807) is 13.3 Å². The van der Waals surface area contributed by atoms with E-state index in [1.165, 1.54) is 6.33 Å². The summed E-state index contributed by atoms with van der Waals surface area (Å²) in [6.45, 7) is 0.618. The third kappa shape index (κ3) is 4.48. The Morgan fingerprint density at radius 3 is 3.07 bits per heavy atom. The molecule has 1 N–H and O–H groups in total. The Bertz CT molecular complexity index is 294. The molecule has 4 nitrogen and oxygen atoms in total. The number of nitrogens with zero attached hydrogens (tertiary/aromatic N) is 2. The molecule has 0 fully saturated rings. The number of rotatable bonds is 6. The topological polar surface area (TPSA) is 47.0 Å². The zero-order valence-electron chi connectivity index (χ0n) is 8.41. The molecule has 1 rings (SSSR count). The van der Waals surface area contributed by atoms with Gasteiger partial charge in [0.05, 0.1) is 16.2 Å². The van der Waals surface area contributed by atoms with E-state index in [1.807, 2.05) is 0 Å². The van der Waals surface area contributed by atoms with Gasteiger partial charge in [0.15, 0.2) is 0 Å². The smallest absolute Gasteiger partial charge is 0.143 e. The average molecular weight is 342 g/mol. The van der Waals surface area contributed by atoms with Crippen molar-refractivity contribution in [2.45, 2.75) is 12.5 Å². The number of hydrogen-bond acceptors (Lipinski definition) is 4. The van der Waals surface area contributed by atoms with Gasteiger partial charge in [0.25, 0.3) is 0 Å². The summed E-state index contributed by atoms with van der Waals surface area (Å²) in [5, 5.41) is 3.28. The molecule has 0 aliphatic heterocycles. The average Bonchev–Trinajstić information content (AvgIpc) is 2.22. The molecular formula is C9H13ClIN3O. The van der Waals surface area contributed by atoms with Gasteiger partial charge >= 0.3 is 0 Å². The summed E-state index contributed by atoms with van der Waals surface area (Å²) in [7, 11) is 1.67. The summed E-state index contributed by atoms with van der Waals surface area (Å²) in [4.78, 5) is 8.08. The van der Waals surface area contributed by atoms with E-state index in [2.05, 4.69) is 37.9 Å². The minimum absolute atomic E-state index is 0.191. The lowest BCUT2D eigenvalue weighted by Gasteiger charge is -2.17. The summed E-state index contributed by atoms with van der Waals surface area (Å²) >= 11 is 7.90. The molecule has 0 bridgehead atoms. The van der Waals surface area contributed by atoms with Crippen molar-refractivity contribution in [2.24, 2.45) is 0 Å². The van der Waals surface area contributed by atoms with Gasteiger partial charge in [-0.25, -0.2) is 9.97 Å². The first-order valence-electron chi connectivity index (χ1n) is 4.55. The van der Waals surface area contributed by atoms with Gasteiger partial charge in [0.1, 0.15) is 12.1 Å². The molecule has 1 unspecified atom stereocenters. The highest BCUT2D eigenvalue weighted by atomic mass is 127. The van der Waals surface area contributed by atoms with Crippen molar-refractivity contribution in [3.8, 4) is 0 Å². The van der Waals surface area contributed by atoms with E-state index >= 15 is 0 Å². The van der Waals surface area contributed by atoms with Crippen LogP contribution in [-0.4, -0.2) is 35.6 Å². The second-order valence-electron chi connectivity index (χ2n) is 2.99. The van der Waals surface area contributed by atoms with E-state index in [0.29, 0.717) is 12.5 Å². The summed E-state index contributed by atoms with van der Waals surface area (Å²) in [5.74, 6) is 1.43. The molecule has 0 spiro atoms. The summed E-state index contributed by atoms with van der Waals surface area (Å²) in [5.41, 5.74) is 0. The van der Waals surface area contributed by atoms with Gasteiger partial charge in [-0.15, -0.1) is 11.6 Å². The number of hydrogen-bond donors (Lipinski definition) is 1. The molecule has 0 saturated heterocycles. The molecule has 0 saturated carbocycles. The van der Waals surface area contributed by atoms with E-state index in [9.17, 15) is 0 Å². The second-order valence-corrected chi connectivity index (χ2v) is 4.53. The molecular weight excluding hydrogens is 328 g/mol. The van der Waals surface area contributed by atoms with Gasteiger partial charge < -0.3 is 10.1 Å². The van der Waals surface area contributed by atoms with Gasteiger partial charge in [0, 0.05) is 19.2 Å². The normalized spacial score (nSPS) is 12.5. The highest BCUT2D eigenvalue weighted by molar-refractivity contribution is 14.1. The molecule has 0 aliphatic carbocycles. The van der Waals surface area contributed by atoms with Crippen LogP contribution in [0.2, 0.25) is 0 Å². The Balaban J connectivity index is 2.60. The summed E-state index contributed by atoms with van der Waals surface area (Å²) in [6, 6.07) is 0.191. The standard InChI is InChI=1S/C9H13ClIN3O/c1-15-5-7(2-3-10)14-9-8(11)4-12-6-13-9/h4,6-7H,2-3,5H2,1H3,(H,12,13,14). The SMILES string of the molecule is COCC(CCCl)Nc1ncncc1I. The van der Waals surface area contributed by atoms with Crippen LogP contribution in [0.15, 0.2) is 12.5 Å². The van der Waals surface area contributed by atoms with Crippen LogP contribution in [0.1, 0.15) is 6.42 Å². The number of methoxy groups -OCH3 is 1. The number of aromatic nitrogens is 2. The highest BCUT2D eigenvalue weighted by Crippen LogP contribution is 2.14.